The monoisotopic (exact) mass is 219 g/mol. The normalized spacial score (nSPS) is 20.2. The van der Waals surface area contributed by atoms with Crippen LogP contribution in [0.2, 0.25) is 0 Å². The number of nitrogens with two attached hydrogens (primary N) is 1. The summed E-state index contributed by atoms with van der Waals surface area (Å²) >= 11 is 0. The Labute approximate surface area is 93.3 Å². The molecule has 1 fully saturated rings. The summed E-state index contributed by atoms with van der Waals surface area (Å²) in [5.74, 6) is -0.382. The second-order valence-corrected chi connectivity index (χ2v) is 3.90. The summed E-state index contributed by atoms with van der Waals surface area (Å²) in [5, 5.41) is 0. The van der Waals surface area contributed by atoms with E-state index in [0.717, 1.165) is 5.56 Å². The Balaban J connectivity index is 2.01. The molecule has 2 amide bonds. The van der Waals surface area contributed by atoms with Crippen LogP contribution in [0.5, 0.6) is 0 Å². The first-order chi connectivity index (χ1) is 7.66. The van der Waals surface area contributed by atoms with Crippen LogP contribution in [0.25, 0.3) is 0 Å². The van der Waals surface area contributed by atoms with Crippen LogP contribution >= 0.6 is 0 Å². The fraction of sp³-hybridized carbons (Fsp3) is 0.364. The first-order valence-corrected chi connectivity index (χ1v) is 5.14. The number of likely N-dealkylation sites (tertiary alicyclic amines) is 1. The van der Waals surface area contributed by atoms with Crippen molar-refractivity contribution in [1.29, 1.82) is 0 Å². The highest BCUT2D eigenvalue weighted by molar-refractivity contribution is 5.97. The summed E-state index contributed by atoms with van der Waals surface area (Å²) < 4.78 is 0. The van der Waals surface area contributed by atoms with Crippen LogP contribution in [0.1, 0.15) is 12.0 Å². The number of aromatic nitrogens is 1. The van der Waals surface area contributed by atoms with Crippen LogP contribution in [-0.2, 0) is 16.0 Å². The second kappa shape index (κ2) is 4.40. The SMILES string of the molecule is NC1CC(=O)N(C(=O)Cc2cccnc2)C1. The Kier molecular flexibility index (Phi) is 2.96. The number of carbonyl (C=O) groups excluding carboxylic acids is 2. The molecule has 0 radical (unpaired) electrons. The zero-order valence-electron chi connectivity index (χ0n) is 8.80. The predicted octanol–water partition coefficient (Wildman–Crippen LogP) is -0.290. The summed E-state index contributed by atoms with van der Waals surface area (Å²) in [6.07, 6.45) is 3.73. The van der Waals surface area contributed by atoms with Crippen LogP contribution in [-0.4, -0.2) is 34.3 Å². The van der Waals surface area contributed by atoms with Gasteiger partial charge in [-0.3, -0.25) is 19.5 Å². The molecule has 2 heterocycles. The van der Waals surface area contributed by atoms with Crippen LogP contribution in [0.3, 0.4) is 0 Å². The minimum atomic E-state index is -0.217. The van der Waals surface area contributed by atoms with E-state index in [4.69, 9.17) is 5.73 Å². The van der Waals surface area contributed by atoms with Crippen molar-refractivity contribution in [2.45, 2.75) is 18.9 Å². The molecule has 1 aromatic rings. The van der Waals surface area contributed by atoms with Gasteiger partial charge >= 0.3 is 0 Å². The summed E-state index contributed by atoms with van der Waals surface area (Å²) in [6, 6.07) is 3.36. The maximum absolute atomic E-state index is 11.8. The van der Waals surface area contributed by atoms with Crippen molar-refractivity contribution >= 4 is 11.8 Å². The third-order valence-electron chi connectivity index (χ3n) is 2.53. The summed E-state index contributed by atoms with van der Waals surface area (Å²) in [4.78, 5) is 28.4. The molecule has 1 atom stereocenters. The average Bonchev–Trinajstić information content (AvgIpc) is 2.59. The number of carbonyl (C=O) groups is 2. The van der Waals surface area contributed by atoms with E-state index in [1.54, 1.807) is 18.5 Å². The number of hydrogen-bond acceptors (Lipinski definition) is 4. The van der Waals surface area contributed by atoms with E-state index in [-0.39, 0.29) is 30.7 Å². The fourth-order valence-electron chi connectivity index (χ4n) is 1.75. The van der Waals surface area contributed by atoms with Gasteiger partial charge in [0.1, 0.15) is 0 Å². The molecule has 16 heavy (non-hydrogen) atoms. The number of pyridine rings is 1. The highest BCUT2D eigenvalue weighted by Gasteiger charge is 2.31. The van der Waals surface area contributed by atoms with E-state index in [1.165, 1.54) is 4.90 Å². The zero-order valence-corrected chi connectivity index (χ0v) is 8.80. The van der Waals surface area contributed by atoms with Gasteiger partial charge in [0.25, 0.3) is 0 Å². The number of amides is 2. The van der Waals surface area contributed by atoms with Gasteiger partial charge in [0.15, 0.2) is 0 Å². The van der Waals surface area contributed by atoms with Gasteiger partial charge in [0.2, 0.25) is 11.8 Å². The van der Waals surface area contributed by atoms with Crippen molar-refractivity contribution in [2.75, 3.05) is 6.54 Å². The van der Waals surface area contributed by atoms with Crippen molar-refractivity contribution in [1.82, 2.24) is 9.88 Å². The third-order valence-corrected chi connectivity index (χ3v) is 2.53. The van der Waals surface area contributed by atoms with Crippen LogP contribution in [0.4, 0.5) is 0 Å². The number of nitrogens with zero attached hydrogens (tertiary/aromatic N) is 2. The van der Waals surface area contributed by atoms with E-state index in [1.807, 2.05) is 6.07 Å². The molecule has 2 rings (SSSR count). The lowest BCUT2D eigenvalue weighted by molar-refractivity contribution is -0.141. The number of rotatable bonds is 2. The predicted molar refractivity (Wildman–Crippen MR) is 57.3 cm³/mol. The van der Waals surface area contributed by atoms with Crippen molar-refractivity contribution in [3.05, 3.63) is 30.1 Å². The third kappa shape index (κ3) is 2.25. The molecule has 5 heteroatoms. The maximum Gasteiger partial charge on any atom is 0.233 e. The lowest BCUT2D eigenvalue weighted by Crippen LogP contribution is -2.35. The zero-order chi connectivity index (χ0) is 11.5. The van der Waals surface area contributed by atoms with Crippen molar-refractivity contribution in [2.24, 2.45) is 5.73 Å². The molecule has 1 aliphatic heterocycles. The summed E-state index contributed by atoms with van der Waals surface area (Å²) in [5.41, 5.74) is 6.43. The minimum absolute atomic E-state index is 0.179. The number of imide groups is 1. The molecule has 1 aliphatic rings. The fourth-order valence-corrected chi connectivity index (χ4v) is 1.75. The molecule has 1 aromatic heterocycles. The average molecular weight is 219 g/mol. The van der Waals surface area contributed by atoms with Crippen molar-refractivity contribution in [3.63, 3.8) is 0 Å². The summed E-state index contributed by atoms with van der Waals surface area (Å²) in [7, 11) is 0. The molecular formula is C11H13N3O2. The quantitative estimate of drug-likeness (QED) is 0.741. The highest BCUT2D eigenvalue weighted by Crippen LogP contribution is 2.11. The van der Waals surface area contributed by atoms with Gasteiger partial charge < -0.3 is 5.73 Å². The molecule has 1 unspecified atom stereocenters. The van der Waals surface area contributed by atoms with E-state index in [9.17, 15) is 9.59 Å². The topological polar surface area (TPSA) is 76.3 Å². The van der Waals surface area contributed by atoms with Crippen molar-refractivity contribution < 1.29 is 9.59 Å². The van der Waals surface area contributed by atoms with E-state index in [0.29, 0.717) is 6.54 Å². The highest BCUT2D eigenvalue weighted by atomic mass is 16.2. The van der Waals surface area contributed by atoms with Gasteiger partial charge in [0, 0.05) is 31.4 Å². The molecule has 0 aliphatic carbocycles. The molecule has 5 nitrogen and oxygen atoms in total. The van der Waals surface area contributed by atoms with Gasteiger partial charge in [-0.2, -0.15) is 0 Å². The van der Waals surface area contributed by atoms with E-state index >= 15 is 0 Å². The van der Waals surface area contributed by atoms with Crippen LogP contribution < -0.4 is 5.73 Å². The van der Waals surface area contributed by atoms with Crippen molar-refractivity contribution in [3.8, 4) is 0 Å². The molecule has 0 bridgehead atoms. The Morgan fingerprint density at radius 2 is 2.44 bits per heavy atom. The van der Waals surface area contributed by atoms with Crippen LogP contribution in [0.15, 0.2) is 24.5 Å². The smallest absolute Gasteiger partial charge is 0.233 e. The molecule has 0 saturated carbocycles. The largest absolute Gasteiger partial charge is 0.326 e. The minimum Gasteiger partial charge on any atom is -0.326 e. The Bertz CT molecular complexity index is 405. The number of hydrogen-bond donors (Lipinski definition) is 1. The lowest BCUT2D eigenvalue weighted by Gasteiger charge is -2.13. The van der Waals surface area contributed by atoms with E-state index < -0.39 is 0 Å². The molecule has 1 saturated heterocycles. The standard InChI is InChI=1S/C11H13N3O2/c12-9-5-11(16)14(7-9)10(15)4-8-2-1-3-13-6-8/h1-3,6,9H,4-5,7,12H2. The first kappa shape index (κ1) is 10.8. The molecule has 0 aromatic carbocycles. The Morgan fingerprint density at radius 1 is 1.62 bits per heavy atom. The maximum atomic E-state index is 11.8. The molecule has 84 valence electrons. The van der Waals surface area contributed by atoms with Gasteiger partial charge in [-0.05, 0) is 11.6 Å². The van der Waals surface area contributed by atoms with E-state index in [2.05, 4.69) is 4.98 Å². The van der Waals surface area contributed by atoms with Gasteiger partial charge in [0.05, 0.1) is 6.42 Å². The van der Waals surface area contributed by atoms with Crippen LogP contribution in [0, 0.1) is 0 Å². The molecule has 0 spiro atoms. The summed E-state index contributed by atoms with van der Waals surface area (Å²) in [6.45, 7) is 0.331. The van der Waals surface area contributed by atoms with Gasteiger partial charge in [-0.1, -0.05) is 6.07 Å². The lowest BCUT2D eigenvalue weighted by atomic mass is 10.2. The first-order valence-electron chi connectivity index (χ1n) is 5.14. The Morgan fingerprint density at radius 3 is 3.00 bits per heavy atom. The molecule has 2 N–H and O–H groups in total. The molecular weight excluding hydrogens is 206 g/mol. The second-order valence-electron chi connectivity index (χ2n) is 3.90. The van der Waals surface area contributed by atoms with Gasteiger partial charge in [-0.25, -0.2) is 0 Å². The Hall–Kier alpha value is -1.75. The van der Waals surface area contributed by atoms with Gasteiger partial charge in [-0.15, -0.1) is 0 Å².